The number of rotatable bonds is 4. The molecular formula is C14H18N2O2. The fraction of sp³-hybridized carbons (Fsp3) is 0.357. The summed E-state index contributed by atoms with van der Waals surface area (Å²) in [6.45, 7) is 4.31. The molecular weight excluding hydrogens is 228 g/mol. The molecule has 1 N–H and O–H groups in total. The molecule has 1 heterocycles. The smallest absolute Gasteiger partial charge is 0.294 e. The van der Waals surface area contributed by atoms with Crippen LogP contribution >= 0.6 is 0 Å². The van der Waals surface area contributed by atoms with Gasteiger partial charge in [0, 0.05) is 12.6 Å². The van der Waals surface area contributed by atoms with Crippen molar-refractivity contribution in [3.05, 3.63) is 30.0 Å². The van der Waals surface area contributed by atoms with Crippen molar-refractivity contribution >= 4 is 6.01 Å². The van der Waals surface area contributed by atoms with Crippen molar-refractivity contribution in [1.82, 2.24) is 4.98 Å². The van der Waals surface area contributed by atoms with Crippen LogP contribution in [0.2, 0.25) is 0 Å². The topological polar surface area (TPSA) is 47.3 Å². The van der Waals surface area contributed by atoms with Crippen LogP contribution in [0.5, 0.6) is 5.75 Å². The van der Waals surface area contributed by atoms with E-state index in [1.807, 2.05) is 12.1 Å². The summed E-state index contributed by atoms with van der Waals surface area (Å²) < 4.78 is 10.7. The summed E-state index contributed by atoms with van der Waals surface area (Å²) in [5, 5.41) is 2.87. The number of benzene rings is 1. The molecule has 0 aliphatic rings. The summed E-state index contributed by atoms with van der Waals surface area (Å²) in [7, 11) is 3.44. The number of oxazole rings is 1. The number of nitrogens with one attached hydrogen (secondary N) is 1. The first-order chi connectivity index (χ1) is 8.65. The molecule has 0 aliphatic heterocycles. The van der Waals surface area contributed by atoms with Gasteiger partial charge in [-0.1, -0.05) is 19.9 Å². The first-order valence-electron chi connectivity index (χ1n) is 5.97. The van der Waals surface area contributed by atoms with Gasteiger partial charge in [-0.3, -0.25) is 0 Å². The van der Waals surface area contributed by atoms with E-state index in [-0.39, 0.29) is 0 Å². The maximum Gasteiger partial charge on any atom is 0.294 e. The van der Waals surface area contributed by atoms with Crippen LogP contribution in [0.25, 0.3) is 11.3 Å². The third-order valence-corrected chi connectivity index (χ3v) is 2.89. The lowest BCUT2D eigenvalue weighted by Crippen LogP contribution is -1.93. The highest BCUT2D eigenvalue weighted by molar-refractivity contribution is 5.68. The normalized spacial score (nSPS) is 10.7. The Labute approximate surface area is 107 Å². The van der Waals surface area contributed by atoms with Crippen LogP contribution in [0.3, 0.4) is 0 Å². The van der Waals surface area contributed by atoms with Crippen molar-refractivity contribution in [2.45, 2.75) is 19.8 Å². The zero-order chi connectivity index (χ0) is 13.1. The van der Waals surface area contributed by atoms with E-state index in [0.717, 1.165) is 17.0 Å². The molecule has 0 aliphatic carbocycles. The molecule has 0 radical (unpaired) electrons. The van der Waals surface area contributed by atoms with Gasteiger partial charge in [0.25, 0.3) is 6.01 Å². The Morgan fingerprint density at radius 3 is 2.67 bits per heavy atom. The third kappa shape index (κ3) is 2.32. The molecule has 2 rings (SSSR count). The average Bonchev–Trinajstić information content (AvgIpc) is 2.86. The molecule has 1 aromatic heterocycles. The van der Waals surface area contributed by atoms with E-state index in [1.165, 1.54) is 5.56 Å². The Balaban J connectivity index is 2.44. The first-order valence-corrected chi connectivity index (χ1v) is 5.97. The average molecular weight is 246 g/mol. The fourth-order valence-electron chi connectivity index (χ4n) is 1.79. The Morgan fingerprint density at radius 1 is 1.33 bits per heavy atom. The SMILES string of the molecule is CNc1nc(-c2ccc(C(C)C)cc2OC)co1. The number of methoxy groups -OCH3 is 1. The van der Waals surface area contributed by atoms with E-state index < -0.39 is 0 Å². The monoisotopic (exact) mass is 246 g/mol. The predicted octanol–water partition coefficient (Wildman–Crippen LogP) is 3.52. The molecule has 2 aromatic rings. The molecule has 0 spiro atoms. The van der Waals surface area contributed by atoms with Crippen LogP contribution in [0.15, 0.2) is 28.9 Å². The highest BCUT2D eigenvalue weighted by Crippen LogP contribution is 2.32. The van der Waals surface area contributed by atoms with Crippen molar-refractivity contribution in [2.24, 2.45) is 0 Å². The van der Waals surface area contributed by atoms with Crippen LogP contribution < -0.4 is 10.1 Å². The Hall–Kier alpha value is -1.97. The van der Waals surface area contributed by atoms with Gasteiger partial charge in [0.15, 0.2) is 0 Å². The number of ether oxygens (including phenoxy) is 1. The predicted molar refractivity (Wildman–Crippen MR) is 72.1 cm³/mol. The Morgan fingerprint density at radius 2 is 2.11 bits per heavy atom. The van der Waals surface area contributed by atoms with Crippen molar-refractivity contribution in [2.75, 3.05) is 19.5 Å². The van der Waals surface area contributed by atoms with E-state index in [1.54, 1.807) is 20.4 Å². The van der Waals surface area contributed by atoms with Gasteiger partial charge in [-0.2, -0.15) is 4.98 Å². The zero-order valence-corrected chi connectivity index (χ0v) is 11.2. The lowest BCUT2D eigenvalue weighted by molar-refractivity contribution is 0.415. The number of hydrogen-bond donors (Lipinski definition) is 1. The van der Waals surface area contributed by atoms with Gasteiger partial charge in [-0.15, -0.1) is 0 Å². The fourth-order valence-corrected chi connectivity index (χ4v) is 1.79. The number of hydrogen-bond acceptors (Lipinski definition) is 4. The highest BCUT2D eigenvalue weighted by Gasteiger charge is 2.12. The van der Waals surface area contributed by atoms with E-state index in [9.17, 15) is 0 Å². The molecule has 4 heteroatoms. The van der Waals surface area contributed by atoms with Crippen LogP contribution in [0.1, 0.15) is 25.3 Å². The van der Waals surface area contributed by atoms with Gasteiger partial charge in [0.2, 0.25) is 0 Å². The Kier molecular flexibility index (Phi) is 3.55. The summed E-state index contributed by atoms with van der Waals surface area (Å²) >= 11 is 0. The Bertz CT molecular complexity index is 532. The summed E-state index contributed by atoms with van der Waals surface area (Å²) in [5.74, 6) is 1.29. The van der Waals surface area contributed by atoms with Crippen LogP contribution in [0, 0.1) is 0 Å². The lowest BCUT2D eigenvalue weighted by atomic mass is 10.00. The van der Waals surface area contributed by atoms with Gasteiger partial charge >= 0.3 is 0 Å². The van der Waals surface area contributed by atoms with Crippen LogP contribution in [-0.4, -0.2) is 19.1 Å². The molecule has 0 atom stereocenters. The van der Waals surface area contributed by atoms with E-state index in [2.05, 4.69) is 30.2 Å². The minimum absolute atomic E-state index is 0.470. The van der Waals surface area contributed by atoms with Gasteiger partial charge < -0.3 is 14.5 Å². The molecule has 4 nitrogen and oxygen atoms in total. The second-order valence-electron chi connectivity index (χ2n) is 4.40. The van der Waals surface area contributed by atoms with Gasteiger partial charge in [0.05, 0.1) is 7.11 Å². The molecule has 0 bridgehead atoms. The largest absolute Gasteiger partial charge is 0.496 e. The second kappa shape index (κ2) is 5.12. The molecule has 0 saturated heterocycles. The minimum Gasteiger partial charge on any atom is -0.496 e. The van der Waals surface area contributed by atoms with Crippen molar-refractivity contribution in [3.8, 4) is 17.0 Å². The molecule has 0 fully saturated rings. The van der Waals surface area contributed by atoms with Crippen molar-refractivity contribution in [3.63, 3.8) is 0 Å². The van der Waals surface area contributed by atoms with E-state index in [0.29, 0.717) is 11.9 Å². The first kappa shape index (κ1) is 12.5. The molecule has 0 saturated carbocycles. The maximum atomic E-state index is 5.43. The molecule has 1 aromatic carbocycles. The molecule has 0 amide bonds. The van der Waals surface area contributed by atoms with Crippen LogP contribution in [0.4, 0.5) is 6.01 Å². The standard InChI is InChI=1S/C14H18N2O2/c1-9(2)10-5-6-11(13(7-10)17-4)12-8-18-14(15-3)16-12/h5-9H,1-4H3,(H,15,16). The minimum atomic E-state index is 0.470. The zero-order valence-electron chi connectivity index (χ0n) is 11.2. The molecule has 0 unspecified atom stereocenters. The molecule has 18 heavy (non-hydrogen) atoms. The third-order valence-electron chi connectivity index (χ3n) is 2.89. The quantitative estimate of drug-likeness (QED) is 0.896. The second-order valence-corrected chi connectivity index (χ2v) is 4.40. The summed E-state index contributed by atoms with van der Waals surface area (Å²) in [6, 6.07) is 6.66. The van der Waals surface area contributed by atoms with Gasteiger partial charge in [0.1, 0.15) is 17.7 Å². The van der Waals surface area contributed by atoms with Crippen molar-refractivity contribution in [1.29, 1.82) is 0 Å². The van der Waals surface area contributed by atoms with Gasteiger partial charge in [-0.25, -0.2) is 0 Å². The lowest BCUT2D eigenvalue weighted by Gasteiger charge is -2.10. The number of aromatic nitrogens is 1. The number of nitrogens with zero attached hydrogens (tertiary/aromatic N) is 1. The summed E-state index contributed by atoms with van der Waals surface area (Å²) in [6.07, 6.45) is 1.62. The van der Waals surface area contributed by atoms with E-state index in [4.69, 9.17) is 9.15 Å². The number of anilines is 1. The summed E-state index contributed by atoms with van der Waals surface area (Å²) in [5.41, 5.74) is 2.95. The summed E-state index contributed by atoms with van der Waals surface area (Å²) in [4.78, 5) is 4.32. The van der Waals surface area contributed by atoms with E-state index >= 15 is 0 Å². The van der Waals surface area contributed by atoms with Gasteiger partial charge in [-0.05, 0) is 23.6 Å². The van der Waals surface area contributed by atoms with Crippen LogP contribution in [-0.2, 0) is 0 Å². The van der Waals surface area contributed by atoms with Crippen molar-refractivity contribution < 1.29 is 9.15 Å². The molecule has 96 valence electrons. The maximum absolute atomic E-state index is 5.43. The highest BCUT2D eigenvalue weighted by atomic mass is 16.5.